The van der Waals surface area contributed by atoms with Crippen molar-refractivity contribution < 1.29 is 4.79 Å². The maximum absolute atomic E-state index is 12.3. The molecule has 4 rings (SSSR count). The number of nitrogens with zero attached hydrogens (tertiary/aromatic N) is 2. The summed E-state index contributed by atoms with van der Waals surface area (Å²) in [5.41, 5.74) is 6.01. The van der Waals surface area contributed by atoms with Gasteiger partial charge in [-0.1, -0.05) is 59.6 Å². The molecule has 150 valence electrons. The number of aromatic nitrogens is 1. The van der Waals surface area contributed by atoms with Gasteiger partial charge in [0.25, 0.3) is 5.91 Å². The zero-order valence-corrected chi connectivity index (χ0v) is 18.7. The molecule has 0 radical (unpaired) electrons. The fourth-order valence-electron chi connectivity index (χ4n) is 3.21. The van der Waals surface area contributed by atoms with Gasteiger partial charge in [0.1, 0.15) is 0 Å². The van der Waals surface area contributed by atoms with Crippen molar-refractivity contribution in [3.63, 3.8) is 0 Å². The highest BCUT2D eigenvalue weighted by Gasteiger charge is 2.10. The van der Waals surface area contributed by atoms with E-state index in [1.165, 1.54) is 0 Å². The Balaban J connectivity index is 1.60. The van der Waals surface area contributed by atoms with Gasteiger partial charge in [-0.2, -0.15) is 5.10 Å². The number of carbonyl (C=O) groups is 1. The van der Waals surface area contributed by atoms with Crippen molar-refractivity contribution in [3.05, 3.63) is 104 Å². The highest BCUT2D eigenvalue weighted by atomic mass is 79.9. The number of hydrogen-bond donors (Lipinski definition) is 1. The van der Waals surface area contributed by atoms with E-state index in [1.54, 1.807) is 24.4 Å². The van der Waals surface area contributed by atoms with Crippen molar-refractivity contribution in [2.45, 2.75) is 6.54 Å². The molecule has 4 nitrogen and oxygen atoms in total. The second kappa shape index (κ2) is 9.04. The number of fused-ring (bicyclic) bond motifs is 1. The fraction of sp³-hybridized carbons (Fsp3) is 0.0435. The number of benzene rings is 3. The third kappa shape index (κ3) is 4.43. The number of rotatable bonds is 5. The van der Waals surface area contributed by atoms with E-state index in [0.29, 0.717) is 26.6 Å². The van der Waals surface area contributed by atoms with Crippen molar-refractivity contribution in [2.75, 3.05) is 0 Å². The molecule has 0 aliphatic carbocycles. The standard InChI is InChI=1S/C23H16BrCl2N3O/c24-20-7-3-1-6-19(20)23(30)28-27-12-16-14-29(22-8-4-2-5-18(16)22)13-15-9-10-17(25)11-21(15)26/h1-12,14H,13H2,(H,28,30)/b27-12-. The van der Waals surface area contributed by atoms with Crippen LogP contribution in [0.3, 0.4) is 0 Å². The number of amides is 1. The molecule has 4 aromatic rings. The third-order valence-corrected chi connectivity index (χ3v) is 5.94. The SMILES string of the molecule is O=C(N/N=C\c1cn(Cc2ccc(Cl)cc2Cl)c2ccccc12)c1ccccc1Br. The number of hydrogen-bond acceptors (Lipinski definition) is 2. The molecule has 1 heterocycles. The summed E-state index contributed by atoms with van der Waals surface area (Å²) in [6.45, 7) is 0.591. The minimum Gasteiger partial charge on any atom is -0.342 e. The average Bonchev–Trinajstić information content (AvgIpc) is 3.08. The average molecular weight is 501 g/mol. The summed E-state index contributed by atoms with van der Waals surface area (Å²) in [6, 6.07) is 20.7. The van der Waals surface area contributed by atoms with Crippen LogP contribution in [0.1, 0.15) is 21.5 Å². The molecule has 0 saturated carbocycles. The largest absolute Gasteiger partial charge is 0.342 e. The van der Waals surface area contributed by atoms with E-state index in [1.807, 2.05) is 54.7 Å². The minimum atomic E-state index is -0.282. The van der Waals surface area contributed by atoms with Gasteiger partial charge in [-0.3, -0.25) is 4.79 Å². The molecule has 0 saturated heterocycles. The predicted molar refractivity (Wildman–Crippen MR) is 127 cm³/mol. The Hall–Kier alpha value is -2.60. The van der Waals surface area contributed by atoms with Crippen molar-refractivity contribution in [1.82, 2.24) is 9.99 Å². The fourth-order valence-corrected chi connectivity index (χ4v) is 4.14. The molecule has 0 bridgehead atoms. The lowest BCUT2D eigenvalue weighted by Crippen LogP contribution is -2.18. The smallest absolute Gasteiger partial charge is 0.272 e. The molecule has 7 heteroatoms. The molecule has 1 amide bonds. The van der Waals surface area contributed by atoms with Gasteiger partial charge < -0.3 is 4.57 Å². The zero-order chi connectivity index (χ0) is 21.1. The van der Waals surface area contributed by atoms with Gasteiger partial charge in [0.05, 0.1) is 11.8 Å². The molecule has 30 heavy (non-hydrogen) atoms. The predicted octanol–water partition coefficient (Wildman–Crippen LogP) is 6.52. The van der Waals surface area contributed by atoms with Crippen molar-refractivity contribution in [2.24, 2.45) is 5.10 Å². The topological polar surface area (TPSA) is 46.4 Å². The molecule has 0 aliphatic rings. The molecular formula is C23H16BrCl2N3O. The Labute approximate surface area is 192 Å². The maximum Gasteiger partial charge on any atom is 0.272 e. The normalized spacial score (nSPS) is 11.3. The van der Waals surface area contributed by atoms with Gasteiger partial charge in [0.2, 0.25) is 0 Å². The van der Waals surface area contributed by atoms with Gasteiger partial charge >= 0.3 is 0 Å². The van der Waals surface area contributed by atoms with Crippen molar-refractivity contribution in [3.8, 4) is 0 Å². The van der Waals surface area contributed by atoms with Gasteiger partial charge in [-0.15, -0.1) is 0 Å². The van der Waals surface area contributed by atoms with Crippen LogP contribution >= 0.6 is 39.1 Å². The van der Waals surface area contributed by atoms with Crippen LogP contribution in [0.25, 0.3) is 10.9 Å². The zero-order valence-electron chi connectivity index (χ0n) is 15.6. The van der Waals surface area contributed by atoms with E-state index in [-0.39, 0.29) is 5.91 Å². The summed E-state index contributed by atoms with van der Waals surface area (Å²) in [7, 11) is 0. The Kier molecular flexibility index (Phi) is 6.23. The molecule has 0 aliphatic heterocycles. The lowest BCUT2D eigenvalue weighted by atomic mass is 10.2. The third-order valence-electron chi connectivity index (χ3n) is 4.66. The van der Waals surface area contributed by atoms with Crippen LogP contribution in [0.2, 0.25) is 10.0 Å². The first-order valence-electron chi connectivity index (χ1n) is 9.12. The quantitative estimate of drug-likeness (QED) is 0.246. The maximum atomic E-state index is 12.3. The Morgan fingerprint density at radius 3 is 2.63 bits per heavy atom. The molecule has 1 aromatic heterocycles. The lowest BCUT2D eigenvalue weighted by Gasteiger charge is -2.08. The minimum absolute atomic E-state index is 0.282. The van der Waals surface area contributed by atoms with Crippen LogP contribution in [0.5, 0.6) is 0 Å². The monoisotopic (exact) mass is 499 g/mol. The Bertz CT molecular complexity index is 1270. The van der Waals surface area contributed by atoms with Crippen molar-refractivity contribution in [1.29, 1.82) is 0 Å². The van der Waals surface area contributed by atoms with Crippen LogP contribution in [-0.4, -0.2) is 16.7 Å². The van der Waals surface area contributed by atoms with Crippen LogP contribution in [0.4, 0.5) is 0 Å². The summed E-state index contributed by atoms with van der Waals surface area (Å²) in [4.78, 5) is 12.3. The van der Waals surface area contributed by atoms with Crippen LogP contribution in [0, 0.1) is 0 Å². The van der Waals surface area contributed by atoms with Crippen molar-refractivity contribution >= 4 is 62.2 Å². The molecule has 0 unspecified atom stereocenters. The number of nitrogens with one attached hydrogen (secondary N) is 1. The molecule has 3 aromatic carbocycles. The second-order valence-corrected chi connectivity index (χ2v) is 8.34. The van der Waals surface area contributed by atoms with Gasteiger partial charge in [0.15, 0.2) is 0 Å². The molecular weight excluding hydrogens is 485 g/mol. The molecule has 0 fully saturated rings. The first-order chi connectivity index (χ1) is 14.5. The molecule has 1 N–H and O–H groups in total. The van der Waals surface area contributed by atoms with Gasteiger partial charge in [-0.05, 0) is 51.8 Å². The summed E-state index contributed by atoms with van der Waals surface area (Å²) < 4.78 is 2.82. The van der Waals surface area contributed by atoms with Crippen LogP contribution in [0.15, 0.2) is 82.5 Å². The van der Waals surface area contributed by atoms with Crippen LogP contribution < -0.4 is 5.43 Å². The van der Waals surface area contributed by atoms with Gasteiger partial charge in [0, 0.05) is 43.7 Å². The van der Waals surface area contributed by atoms with E-state index >= 15 is 0 Å². The first kappa shape index (κ1) is 20.7. The van der Waals surface area contributed by atoms with E-state index < -0.39 is 0 Å². The molecule has 0 atom stereocenters. The number of halogens is 3. The summed E-state index contributed by atoms with van der Waals surface area (Å²) in [5.74, 6) is -0.282. The highest BCUT2D eigenvalue weighted by molar-refractivity contribution is 9.10. The van der Waals surface area contributed by atoms with Gasteiger partial charge in [-0.25, -0.2) is 5.43 Å². The van der Waals surface area contributed by atoms with E-state index in [0.717, 1.165) is 22.0 Å². The van der Waals surface area contributed by atoms with E-state index in [4.69, 9.17) is 23.2 Å². The summed E-state index contributed by atoms with van der Waals surface area (Å²) >= 11 is 15.7. The summed E-state index contributed by atoms with van der Waals surface area (Å²) in [6.07, 6.45) is 3.64. The number of para-hydroxylation sites is 1. The molecule has 0 spiro atoms. The first-order valence-corrected chi connectivity index (χ1v) is 10.7. The Morgan fingerprint density at radius 1 is 1.07 bits per heavy atom. The number of hydrazone groups is 1. The lowest BCUT2D eigenvalue weighted by molar-refractivity contribution is 0.0954. The summed E-state index contributed by atoms with van der Waals surface area (Å²) in [5, 5.41) is 6.41. The number of carbonyl (C=O) groups excluding carboxylic acids is 1. The van der Waals surface area contributed by atoms with E-state index in [9.17, 15) is 4.79 Å². The second-order valence-electron chi connectivity index (χ2n) is 6.64. The van der Waals surface area contributed by atoms with E-state index in [2.05, 4.69) is 31.0 Å². The van der Waals surface area contributed by atoms with Crippen LogP contribution in [-0.2, 0) is 6.54 Å². The Morgan fingerprint density at radius 2 is 1.83 bits per heavy atom. The highest BCUT2D eigenvalue weighted by Crippen LogP contribution is 2.25.